The van der Waals surface area contributed by atoms with E-state index in [1.165, 1.54) is 0 Å². The van der Waals surface area contributed by atoms with Gasteiger partial charge in [-0.05, 0) is 25.6 Å². The normalized spacial score (nSPS) is 12.2. The third-order valence-electron chi connectivity index (χ3n) is 2.50. The van der Waals surface area contributed by atoms with E-state index in [1.54, 1.807) is 7.05 Å². The summed E-state index contributed by atoms with van der Waals surface area (Å²) in [5.74, 6) is -1.79. The Kier molecular flexibility index (Phi) is 5.03. The van der Waals surface area contributed by atoms with Crippen molar-refractivity contribution in [2.24, 2.45) is 5.92 Å². The van der Waals surface area contributed by atoms with Gasteiger partial charge in [-0.1, -0.05) is 6.92 Å². The molecule has 1 aromatic carbocycles. The van der Waals surface area contributed by atoms with Crippen LogP contribution in [0.1, 0.15) is 13.3 Å². The van der Waals surface area contributed by atoms with Gasteiger partial charge in [-0.2, -0.15) is 0 Å². The van der Waals surface area contributed by atoms with Gasteiger partial charge < -0.3 is 10.6 Å². The summed E-state index contributed by atoms with van der Waals surface area (Å²) in [4.78, 5) is 11.8. The second-order valence-electron chi connectivity index (χ2n) is 3.78. The van der Waals surface area contributed by atoms with E-state index in [-0.39, 0.29) is 17.5 Å². The lowest BCUT2D eigenvalue weighted by Gasteiger charge is -2.14. The summed E-state index contributed by atoms with van der Waals surface area (Å²) in [7, 11) is 1.73. The maximum Gasteiger partial charge on any atom is 0.228 e. The van der Waals surface area contributed by atoms with E-state index in [9.17, 15) is 13.6 Å². The Morgan fingerprint density at radius 2 is 2.12 bits per heavy atom. The van der Waals surface area contributed by atoms with E-state index in [0.29, 0.717) is 13.0 Å². The van der Waals surface area contributed by atoms with Crippen molar-refractivity contribution >= 4 is 11.6 Å². The Morgan fingerprint density at radius 3 is 2.71 bits per heavy atom. The molecule has 1 amide bonds. The Hall–Kier alpha value is -1.49. The lowest BCUT2D eigenvalue weighted by Crippen LogP contribution is -2.30. The van der Waals surface area contributed by atoms with Crippen molar-refractivity contribution in [3.05, 3.63) is 29.8 Å². The van der Waals surface area contributed by atoms with Gasteiger partial charge >= 0.3 is 0 Å². The van der Waals surface area contributed by atoms with E-state index in [2.05, 4.69) is 10.6 Å². The number of hydrogen-bond donors (Lipinski definition) is 2. The quantitative estimate of drug-likeness (QED) is 0.830. The predicted molar refractivity (Wildman–Crippen MR) is 62.7 cm³/mol. The van der Waals surface area contributed by atoms with E-state index in [0.717, 1.165) is 18.2 Å². The number of hydrogen-bond acceptors (Lipinski definition) is 2. The predicted octanol–water partition coefficient (Wildman–Crippen LogP) is 2.15. The molecule has 94 valence electrons. The van der Waals surface area contributed by atoms with Crippen molar-refractivity contribution in [2.45, 2.75) is 13.3 Å². The van der Waals surface area contributed by atoms with Gasteiger partial charge in [0.05, 0.1) is 11.6 Å². The monoisotopic (exact) mass is 242 g/mol. The minimum Gasteiger partial charge on any atom is -0.323 e. The molecule has 2 N–H and O–H groups in total. The molecule has 3 nitrogen and oxygen atoms in total. The number of nitrogens with one attached hydrogen (secondary N) is 2. The van der Waals surface area contributed by atoms with Crippen LogP contribution in [0.15, 0.2) is 18.2 Å². The molecular formula is C12H16F2N2O. The van der Waals surface area contributed by atoms with Gasteiger partial charge in [0.1, 0.15) is 11.6 Å². The van der Waals surface area contributed by atoms with Crippen molar-refractivity contribution in [3.8, 4) is 0 Å². The van der Waals surface area contributed by atoms with Gasteiger partial charge in [0.15, 0.2) is 0 Å². The second-order valence-corrected chi connectivity index (χ2v) is 3.78. The van der Waals surface area contributed by atoms with E-state index >= 15 is 0 Å². The molecular weight excluding hydrogens is 226 g/mol. The molecule has 0 aliphatic heterocycles. The maximum absolute atomic E-state index is 13.3. The van der Waals surface area contributed by atoms with Gasteiger partial charge in [0, 0.05) is 12.6 Å². The Morgan fingerprint density at radius 1 is 1.41 bits per heavy atom. The highest BCUT2D eigenvalue weighted by atomic mass is 19.1. The topological polar surface area (TPSA) is 41.1 Å². The van der Waals surface area contributed by atoms with E-state index < -0.39 is 11.6 Å². The molecule has 0 saturated heterocycles. The second kappa shape index (κ2) is 6.30. The maximum atomic E-state index is 13.3. The lowest BCUT2D eigenvalue weighted by atomic mass is 10.1. The third-order valence-corrected chi connectivity index (χ3v) is 2.50. The SMILES string of the molecule is CCC(CNC)C(=O)Nc1cc(F)ccc1F. The lowest BCUT2D eigenvalue weighted by molar-refractivity contribution is -0.119. The van der Waals surface area contributed by atoms with Crippen molar-refractivity contribution in [1.29, 1.82) is 0 Å². The summed E-state index contributed by atoms with van der Waals surface area (Å²) < 4.78 is 26.2. The summed E-state index contributed by atoms with van der Waals surface area (Å²) in [6.45, 7) is 2.36. The van der Waals surface area contributed by atoms with Crippen LogP contribution in [0.4, 0.5) is 14.5 Å². The van der Waals surface area contributed by atoms with Crippen LogP contribution in [-0.4, -0.2) is 19.5 Å². The number of benzene rings is 1. The van der Waals surface area contributed by atoms with Crippen molar-refractivity contribution < 1.29 is 13.6 Å². The summed E-state index contributed by atoms with van der Waals surface area (Å²) in [5, 5.41) is 5.28. The Bertz CT molecular complexity index is 396. The average Bonchev–Trinajstić information content (AvgIpc) is 2.30. The van der Waals surface area contributed by atoms with Crippen LogP contribution in [0.25, 0.3) is 0 Å². The number of carbonyl (C=O) groups excluding carboxylic acids is 1. The first-order chi connectivity index (χ1) is 8.08. The summed E-state index contributed by atoms with van der Waals surface area (Å²) in [6.07, 6.45) is 0.629. The van der Waals surface area contributed by atoms with Gasteiger partial charge in [0.2, 0.25) is 5.91 Å². The molecule has 0 bridgehead atoms. The van der Waals surface area contributed by atoms with E-state index in [1.807, 2.05) is 6.92 Å². The van der Waals surface area contributed by atoms with Crippen LogP contribution in [0.5, 0.6) is 0 Å². The minimum atomic E-state index is -0.640. The molecule has 1 rings (SSSR count). The highest BCUT2D eigenvalue weighted by molar-refractivity contribution is 5.92. The van der Waals surface area contributed by atoms with Gasteiger partial charge in [-0.15, -0.1) is 0 Å². The standard InChI is InChI=1S/C12H16F2N2O/c1-3-8(7-15-2)12(17)16-11-6-9(13)4-5-10(11)14/h4-6,8,15H,3,7H2,1-2H3,(H,16,17). The fourth-order valence-corrected chi connectivity index (χ4v) is 1.50. The molecule has 17 heavy (non-hydrogen) atoms. The zero-order chi connectivity index (χ0) is 12.8. The van der Waals surface area contributed by atoms with Crippen molar-refractivity contribution in [2.75, 3.05) is 18.9 Å². The number of amides is 1. The summed E-state index contributed by atoms with van der Waals surface area (Å²) in [6, 6.07) is 2.97. The van der Waals surface area contributed by atoms with Crippen molar-refractivity contribution in [1.82, 2.24) is 5.32 Å². The fourth-order valence-electron chi connectivity index (χ4n) is 1.50. The van der Waals surface area contributed by atoms with Crippen molar-refractivity contribution in [3.63, 3.8) is 0 Å². The average molecular weight is 242 g/mol. The van der Waals surface area contributed by atoms with Gasteiger partial charge in [0.25, 0.3) is 0 Å². The first-order valence-corrected chi connectivity index (χ1v) is 5.49. The number of halogens is 2. The molecule has 0 aromatic heterocycles. The molecule has 0 heterocycles. The van der Waals surface area contributed by atoms with E-state index in [4.69, 9.17) is 0 Å². The molecule has 5 heteroatoms. The zero-order valence-corrected chi connectivity index (χ0v) is 9.89. The van der Waals surface area contributed by atoms with Crippen LogP contribution in [0.3, 0.4) is 0 Å². The summed E-state index contributed by atoms with van der Waals surface area (Å²) >= 11 is 0. The number of carbonyl (C=O) groups is 1. The molecule has 1 atom stereocenters. The molecule has 0 spiro atoms. The minimum absolute atomic E-state index is 0.121. The highest BCUT2D eigenvalue weighted by Gasteiger charge is 2.17. The van der Waals surface area contributed by atoms with Crippen LogP contribution in [-0.2, 0) is 4.79 Å². The molecule has 0 radical (unpaired) electrons. The van der Waals surface area contributed by atoms with Gasteiger partial charge in [-0.25, -0.2) is 8.78 Å². The van der Waals surface area contributed by atoms with Crippen LogP contribution in [0.2, 0.25) is 0 Å². The van der Waals surface area contributed by atoms with Crippen LogP contribution >= 0.6 is 0 Å². The smallest absolute Gasteiger partial charge is 0.228 e. The zero-order valence-electron chi connectivity index (χ0n) is 9.89. The molecule has 1 aromatic rings. The number of anilines is 1. The largest absolute Gasteiger partial charge is 0.323 e. The Labute approximate surface area is 99.2 Å². The molecule has 0 aliphatic rings. The summed E-state index contributed by atoms with van der Waals surface area (Å²) in [5.41, 5.74) is -0.121. The van der Waals surface area contributed by atoms with Crippen LogP contribution in [0, 0.1) is 17.6 Å². The first-order valence-electron chi connectivity index (χ1n) is 5.49. The third kappa shape index (κ3) is 3.78. The highest BCUT2D eigenvalue weighted by Crippen LogP contribution is 2.16. The molecule has 0 fully saturated rings. The van der Waals surface area contributed by atoms with Crippen LogP contribution < -0.4 is 10.6 Å². The van der Waals surface area contributed by atoms with Gasteiger partial charge in [-0.3, -0.25) is 4.79 Å². The molecule has 1 unspecified atom stereocenters. The first kappa shape index (κ1) is 13.6. The molecule has 0 aliphatic carbocycles. The number of rotatable bonds is 5. The molecule has 0 saturated carbocycles. The Balaban J connectivity index is 2.76. The fraction of sp³-hybridized carbons (Fsp3) is 0.417.